The Kier molecular flexibility index (Phi) is 7.55. The number of carbonyl (C=O) groups is 1. The van der Waals surface area contributed by atoms with E-state index in [1.165, 1.54) is 0 Å². The molecule has 1 amide bonds. The second kappa shape index (κ2) is 9.92. The first kappa shape index (κ1) is 31.2. The zero-order valence-electron chi connectivity index (χ0n) is 21.1. The molecular formula is C25H23F8NO5S2. The molecule has 0 bridgehead atoms. The number of nitrogens with zero attached hydrogens (tertiary/aromatic N) is 1. The fourth-order valence-electron chi connectivity index (χ4n) is 5.29. The van der Waals surface area contributed by atoms with Gasteiger partial charge in [-0.15, -0.1) is 0 Å². The van der Waals surface area contributed by atoms with Crippen LogP contribution in [-0.4, -0.2) is 64.6 Å². The van der Waals surface area contributed by atoms with Gasteiger partial charge in [-0.3, -0.25) is 4.79 Å². The van der Waals surface area contributed by atoms with E-state index in [1.807, 2.05) is 0 Å². The Hall–Kier alpha value is -2.75. The van der Waals surface area contributed by atoms with E-state index in [1.54, 1.807) is 0 Å². The zero-order valence-corrected chi connectivity index (χ0v) is 22.8. The normalized spacial score (nSPS) is 24.3. The lowest BCUT2D eigenvalue weighted by Crippen LogP contribution is -2.50. The maximum absolute atomic E-state index is 14.6. The van der Waals surface area contributed by atoms with Gasteiger partial charge in [0.05, 0.1) is 10.1 Å². The minimum absolute atomic E-state index is 0.00798. The van der Waals surface area contributed by atoms with E-state index in [2.05, 4.69) is 0 Å². The summed E-state index contributed by atoms with van der Waals surface area (Å²) in [5.41, 5.74) is -7.86. The molecule has 2 aromatic rings. The highest BCUT2D eigenvalue weighted by molar-refractivity contribution is 7.92. The van der Waals surface area contributed by atoms with Gasteiger partial charge in [0.2, 0.25) is 5.91 Å². The van der Waals surface area contributed by atoms with Crippen LogP contribution in [-0.2, 0) is 34.9 Å². The van der Waals surface area contributed by atoms with Crippen LogP contribution in [0.2, 0.25) is 0 Å². The van der Waals surface area contributed by atoms with E-state index in [4.69, 9.17) is 0 Å². The number of hydrogen-bond donors (Lipinski definition) is 0. The first-order valence-electron chi connectivity index (χ1n) is 12.1. The second-order valence-electron chi connectivity index (χ2n) is 10.3. The summed E-state index contributed by atoms with van der Waals surface area (Å²) in [6.07, 6.45) is -12.1. The van der Waals surface area contributed by atoms with Crippen LogP contribution in [0.1, 0.15) is 30.4 Å². The van der Waals surface area contributed by atoms with Crippen molar-refractivity contribution in [2.75, 3.05) is 19.3 Å². The van der Waals surface area contributed by atoms with E-state index in [0.717, 1.165) is 35.4 Å². The zero-order chi connectivity index (χ0) is 30.8. The molecule has 0 N–H and O–H groups in total. The largest absolute Gasteiger partial charge is 0.435 e. The highest BCUT2D eigenvalue weighted by Gasteiger charge is 2.73. The third-order valence-electron chi connectivity index (χ3n) is 7.82. The monoisotopic (exact) mass is 633 g/mol. The molecule has 1 saturated heterocycles. The number of alkyl halides is 7. The van der Waals surface area contributed by atoms with Gasteiger partial charge in [0.1, 0.15) is 20.4 Å². The molecule has 1 saturated carbocycles. The average molecular weight is 634 g/mol. The number of halogens is 8. The summed E-state index contributed by atoms with van der Waals surface area (Å²) in [5, 5.41) is -0.748. The fourth-order valence-corrected chi connectivity index (χ4v) is 8.53. The van der Waals surface area contributed by atoms with E-state index in [9.17, 15) is 56.8 Å². The van der Waals surface area contributed by atoms with Crippen LogP contribution in [0.4, 0.5) is 35.1 Å². The van der Waals surface area contributed by atoms with Crippen LogP contribution < -0.4 is 0 Å². The van der Waals surface area contributed by atoms with Crippen LogP contribution in [0.3, 0.4) is 0 Å². The van der Waals surface area contributed by atoms with Gasteiger partial charge in [0.15, 0.2) is 9.84 Å². The highest BCUT2D eigenvalue weighted by atomic mass is 32.2. The molecule has 16 heteroatoms. The topological polar surface area (TPSA) is 88.6 Å². The van der Waals surface area contributed by atoms with Crippen molar-refractivity contribution in [1.82, 2.24) is 4.90 Å². The molecule has 6 nitrogen and oxygen atoms in total. The number of benzene rings is 2. The molecule has 0 spiro atoms. The summed E-state index contributed by atoms with van der Waals surface area (Å²) in [7, 11) is -7.99. The number of sulfone groups is 2. The second-order valence-corrected chi connectivity index (χ2v) is 14.9. The van der Waals surface area contributed by atoms with Gasteiger partial charge in [0.25, 0.3) is 0 Å². The Morgan fingerprint density at radius 2 is 1.37 bits per heavy atom. The summed E-state index contributed by atoms with van der Waals surface area (Å²) in [6, 6.07) is 5.20. The van der Waals surface area contributed by atoms with Crippen molar-refractivity contribution in [3.05, 3.63) is 65.5 Å². The first-order chi connectivity index (χ1) is 18.6. The predicted molar refractivity (Wildman–Crippen MR) is 129 cm³/mol. The molecule has 2 aromatic carbocycles. The van der Waals surface area contributed by atoms with Gasteiger partial charge in [-0.1, -0.05) is 24.3 Å². The molecule has 2 fully saturated rings. The van der Waals surface area contributed by atoms with Crippen molar-refractivity contribution in [1.29, 1.82) is 0 Å². The third kappa shape index (κ3) is 5.10. The van der Waals surface area contributed by atoms with Gasteiger partial charge in [-0.25, -0.2) is 25.6 Å². The van der Waals surface area contributed by atoms with Gasteiger partial charge in [-0.05, 0) is 49.1 Å². The summed E-state index contributed by atoms with van der Waals surface area (Å²) in [6.45, 7) is -0.774. The lowest BCUT2D eigenvalue weighted by molar-refractivity contribution is -0.348. The molecule has 1 aliphatic carbocycles. The predicted octanol–water partition coefficient (Wildman–Crippen LogP) is 4.84. The summed E-state index contributed by atoms with van der Waals surface area (Å²) in [5.74, 6) is -2.07. The van der Waals surface area contributed by atoms with E-state index < -0.39 is 82.3 Å². The fraction of sp³-hybridized carbons (Fsp3) is 0.480. The molecular weight excluding hydrogens is 610 g/mol. The molecule has 41 heavy (non-hydrogen) atoms. The smallest absolute Gasteiger partial charge is 0.340 e. The molecule has 0 unspecified atom stereocenters. The highest BCUT2D eigenvalue weighted by Crippen LogP contribution is 2.54. The van der Waals surface area contributed by atoms with E-state index >= 15 is 0 Å². The lowest BCUT2D eigenvalue weighted by atomic mass is 9.83. The first-order valence-corrected chi connectivity index (χ1v) is 15.5. The van der Waals surface area contributed by atoms with Crippen LogP contribution in [0.5, 0.6) is 0 Å². The van der Waals surface area contributed by atoms with Gasteiger partial charge >= 0.3 is 18.0 Å². The summed E-state index contributed by atoms with van der Waals surface area (Å²) >= 11 is 0. The van der Waals surface area contributed by atoms with Crippen molar-refractivity contribution in [3.63, 3.8) is 0 Å². The molecule has 1 heterocycles. The lowest BCUT2D eigenvalue weighted by Gasteiger charge is -2.36. The maximum Gasteiger partial charge on any atom is 0.435 e. The molecule has 0 radical (unpaired) electrons. The van der Waals surface area contributed by atoms with Crippen molar-refractivity contribution in [2.24, 2.45) is 5.92 Å². The number of amides is 1. The Bertz CT molecular complexity index is 1520. The molecule has 2 aliphatic rings. The molecule has 4 rings (SSSR count). The van der Waals surface area contributed by atoms with Crippen LogP contribution >= 0.6 is 0 Å². The molecule has 1 aliphatic heterocycles. The van der Waals surface area contributed by atoms with Gasteiger partial charge in [-0.2, -0.15) is 26.3 Å². The Labute approximate surface area is 230 Å². The van der Waals surface area contributed by atoms with Crippen molar-refractivity contribution < 1.29 is 56.8 Å². The summed E-state index contributed by atoms with van der Waals surface area (Å²) in [4.78, 5) is 13.8. The Morgan fingerprint density at radius 3 is 1.83 bits per heavy atom. The SMILES string of the molecule is CS(=O)(=O)C1CC(C(=O)N2CC[C@](c3ccc(C(F)(C(F)(F)F)C(F)(F)F)cc3)(S(=O)(=O)c3ccc(F)cc3)C2)C1. The quantitative estimate of drug-likeness (QED) is 0.336. The average Bonchev–Trinajstić information content (AvgIpc) is 3.28. The number of rotatable bonds is 6. The van der Waals surface area contributed by atoms with E-state index in [0.29, 0.717) is 12.1 Å². The van der Waals surface area contributed by atoms with Crippen LogP contribution in [0.15, 0.2) is 53.4 Å². The van der Waals surface area contributed by atoms with Crippen LogP contribution in [0.25, 0.3) is 0 Å². The summed E-state index contributed by atoms with van der Waals surface area (Å²) < 4.78 is 157. The Balaban J connectivity index is 1.76. The molecule has 226 valence electrons. The maximum atomic E-state index is 14.6. The Morgan fingerprint density at radius 1 is 0.854 bits per heavy atom. The minimum atomic E-state index is -6.38. The number of carbonyl (C=O) groups excluding carboxylic acids is 1. The van der Waals surface area contributed by atoms with Crippen molar-refractivity contribution >= 4 is 25.6 Å². The molecule has 0 aromatic heterocycles. The van der Waals surface area contributed by atoms with Gasteiger partial charge in [0, 0.05) is 30.8 Å². The number of hydrogen-bond acceptors (Lipinski definition) is 5. The van der Waals surface area contributed by atoms with Crippen molar-refractivity contribution in [3.8, 4) is 0 Å². The standard InChI is InChI=1S/C25H23F8NO5S2/c1-40(36,37)20-12-15(13-20)21(35)34-11-10-22(14-34,41(38,39)19-8-6-18(26)7-9-19)16-2-4-17(5-3-16)23(27,24(28,29)30)25(31,32)33/h2-9,15,20H,10-14H2,1H3/t15?,20?,22-/m0/s1. The van der Waals surface area contributed by atoms with Crippen molar-refractivity contribution in [2.45, 2.75) is 52.2 Å². The van der Waals surface area contributed by atoms with Crippen LogP contribution in [0, 0.1) is 11.7 Å². The van der Waals surface area contributed by atoms with Gasteiger partial charge < -0.3 is 4.90 Å². The number of likely N-dealkylation sites (tertiary alicyclic amines) is 1. The third-order valence-corrected chi connectivity index (χ3v) is 11.9. The van der Waals surface area contributed by atoms with E-state index in [-0.39, 0.29) is 43.5 Å². The minimum Gasteiger partial charge on any atom is -0.340 e. The molecule has 1 atom stereocenters.